The first-order valence-electron chi connectivity index (χ1n) is 7.64. The van der Waals surface area contributed by atoms with Crippen LogP contribution in [0.2, 0.25) is 0 Å². The van der Waals surface area contributed by atoms with Crippen LogP contribution in [0.3, 0.4) is 0 Å². The normalized spacial score (nSPS) is 14.1. The minimum absolute atomic E-state index is 0.0786. The number of carbonyl (C=O) groups excluding carboxylic acids is 1. The minimum Gasteiger partial charge on any atom is -0.358 e. The number of benzene rings is 1. The van der Waals surface area contributed by atoms with Gasteiger partial charge in [0.25, 0.3) is 5.91 Å². The van der Waals surface area contributed by atoms with Gasteiger partial charge in [-0.1, -0.05) is 6.07 Å². The molecule has 1 amide bonds. The van der Waals surface area contributed by atoms with Crippen molar-refractivity contribution in [1.29, 1.82) is 0 Å². The molecule has 0 unspecified atom stereocenters. The zero-order valence-corrected chi connectivity index (χ0v) is 12.8. The quantitative estimate of drug-likeness (QED) is 0.750. The minimum atomic E-state index is -0.261. The van der Waals surface area contributed by atoms with Crippen LogP contribution in [0.25, 0.3) is 10.9 Å². The number of aromatic nitrogens is 2. The number of H-pyrrole nitrogens is 1. The second-order valence-corrected chi connectivity index (χ2v) is 5.91. The van der Waals surface area contributed by atoms with Gasteiger partial charge in [0, 0.05) is 47.4 Å². The van der Waals surface area contributed by atoms with Crippen LogP contribution in [0, 0.1) is 12.7 Å². The molecule has 0 saturated carbocycles. The average Bonchev–Trinajstić information content (AvgIpc) is 2.91. The van der Waals surface area contributed by atoms with E-state index in [9.17, 15) is 9.18 Å². The van der Waals surface area contributed by atoms with Crippen molar-refractivity contribution in [2.45, 2.75) is 19.9 Å². The van der Waals surface area contributed by atoms with Crippen molar-refractivity contribution >= 4 is 16.8 Å². The van der Waals surface area contributed by atoms with E-state index < -0.39 is 0 Å². The topological polar surface area (TPSA) is 49.0 Å². The van der Waals surface area contributed by atoms with Gasteiger partial charge in [-0.25, -0.2) is 9.37 Å². The number of halogens is 1. The summed E-state index contributed by atoms with van der Waals surface area (Å²) in [5, 5.41) is 0.856. The van der Waals surface area contributed by atoms with Crippen molar-refractivity contribution in [3.05, 3.63) is 64.9 Å². The molecule has 2 aromatic heterocycles. The van der Waals surface area contributed by atoms with Gasteiger partial charge < -0.3 is 9.88 Å². The monoisotopic (exact) mass is 309 g/mol. The van der Waals surface area contributed by atoms with Crippen molar-refractivity contribution in [2.75, 3.05) is 6.54 Å². The molecule has 0 atom stereocenters. The van der Waals surface area contributed by atoms with Gasteiger partial charge in [-0.3, -0.25) is 4.79 Å². The number of hydrogen-bond acceptors (Lipinski definition) is 2. The van der Waals surface area contributed by atoms with Crippen LogP contribution < -0.4 is 0 Å². The first-order valence-corrected chi connectivity index (χ1v) is 7.64. The summed E-state index contributed by atoms with van der Waals surface area (Å²) >= 11 is 0. The number of pyridine rings is 1. The Bertz CT molecular complexity index is 916. The van der Waals surface area contributed by atoms with E-state index in [0.717, 1.165) is 34.3 Å². The molecule has 0 radical (unpaired) electrons. The Hall–Kier alpha value is -2.69. The molecule has 1 aliphatic rings. The molecular weight excluding hydrogens is 293 g/mol. The second-order valence-electron chi connectivity index (χ2n) is 5.91. The highest BCUT2D eigenvalue weighted by Gasteiger charge is 2.25. The summed E-state index contributed by atoms with van der Waals surface area (Å²) in [6, 6.07) is 10.2. The standard InChI is InChI=1S/C18H16FN3O/c1-11-3-2-4-17(20-11)18(23)22-8-7-16-14(10-22)13-9-12(19)5-6-15(13)21-16/h2-6,9,21H,7-8,10H2,1H3. The molecule has 23 heavy (non-hydrogen) atoms. The molecule has 5 heteroatoms. The third-order valence-electron chi connectivity index (χ3n) is 4.33. The van der Waals surface area contributed by atoms with E-state index >= 15 is 0 Å². The third-order valence-corrected chi connectivity index (χ3v) is 4.33. The lowest BCUT2D eigenvalue weighted by atomic mass is 10.0. The first-order chi connectivity index (χ1) is 11.1. The number of amides is 1. The summed E-state index contributed by atoms with van der Waals surface area (Å²) in [5.41, 5.74) is 4.29. The molecule has 1 aliphatic heterocycles. The zero-order valence-electron chi connectivity index (χ0n) is 12.8. The Kier molecular flexibility index (Phi) is 3.15. The van der Waals surface area contributed by atoms with Crippen LogP contribution in [0.5, 0.6) is 0 Å². The van der Waals surface area contributed by atoms with Gasteiger partial charge in [-0.05, 0) is 37.3 Å². The van der Waals surface area contributed by atoms with E-state index in [4.69, 9.17) is 0 Å². The summed E-state index contributed by atoms with van der Waals surface area (Å²) in [5.74, 6) is -0.340. The van der Waals surface area contributed by atoms with Gasteiger partial charge >= 0.3 is 0 Å². The van der Waals surface area contributed by atoms with E-state index in [2.05, 4.69) is 9.97 Å². The highest BCUT2D eigenvalue weighted by atomic mass is 19.1. The fourth-order valence-electron chi connectivity index (χ4n) is 3.18. The fraction of sp³-hybridized carbons (Fsp3) is 0.222. The molecule has 0 bridgehead atoms. The number of hydrogen-bond donors (Lipinski definition) is 1. The Morgan fingerprint density at radius 3 is 3.00 bits per heavy atom. The molecule has 0 spiro atoms. The molecule has 1 aromatic carbocycles. The molecule has 1 N–H and O–H groups in total. The number of nitrogens with one attached hydrogen (secondary N) is 1. The summed E-state index contributed by atoms with van der Waals surface area (Å²) in [6.45, 7) is 2.98. The van der Waals surface area contributed by atoms with Gasteiger partial charge in [0.1, 0.15) is 11.5 Å². The van der Waals surface area contributed by atoms with Crippen molar-refractivity contribution in [1.82, 2.24) is 14.9 Å². The maximum atomic E-state index is 13.5. The molecule has 0 aliphatic carbocycles. The predicted octanol–water partition coefficient (Wildman–Crippen LogP) is 3.21. The Labute approximate surface area is 133 Å². The Morgan fingerprint density at radius 1 is 1.30 bits per heavy atom. The molecule has 4 nitrogen and oxygen atoms in total. The number of nitrogens with zero attached hydrogens (tertiary/aromatic N) is 2. The molecular formula is C18H16FN3O. The molecule has 3 aromatic rings. The molecule has 0 fully saturated rings. The van der Waals surface area contributed by atoms with Crippen LogP contribution in [0.4, 0.5) is 4.39 Å². The lowest BCUT2D eigenvalue weighted by Crippen LogP contribution is -2.36. The zero-order chi connectivity index (χ0) is 16.0. The first kappa shape index (κ1) is 13.9. The van der Waals surface area contributed by atoms with Gasteiger partial charge in [-0.2, -0.15) is 0 Å². The van der Waals surface area contributed by atoms with Gasteiger partial charge in [0.2, 0.25) is 0 Å². The lowest BCUT2D eigenvalue weighted by Gasteiger charge is -2.27. The van der Waals surface area contributed by atoms with E-state index in [1.54, 1.807) is 17.0 Å². The Morgan fingerprint density at radius 2 is 2.17 bits per heavy atom. The SMILES string of the molecule is Cc1cccc(C(=O)N2CCc3[nH]c4ccc(F)cc4c3C2)n1. The smallest absolute Gasteiger partial charge is 0.272 e. The van der Waals surface area contributed by atoms with Crippen molar-refractivity contribution < 1.29 is 9.18 Å². The molecule has 3 heterocycles. The maximum Gasteiger partial charge on any atom is 0.272 e. The van der Waals surface area contributed by atoms with Crippen molar-refractivity contribution in [2.24, 2.45) is 0 Å². The van der Waals surface area contributed by atoms with Crippen LogP contribution in [0.15, 0.2) is 36.4 Å². The second kappa shape index (κ2) is 5.19. The highest BCUT2D eigenvalue weighted by Crippen LogP contribution is 2.28. The fourth-order valence-corrected chi connectivity index (χ4v) is 3.18. The average molecular weight is 309 g/mol. The number of rotatable bonds is 1. The summed E-state index contributed by atoms with van der Waals surface area (Å²) < 4.78 is 13.5. The summed E-state index contributed by atoms with van der Waals surface area (Å²) in [4.78, 5) is 22.1. The van der Waals surface area contributed by atoms with Gasteiger partial charge in [0.15, 0.2) is 0 Å². The predicted molar refractivity (Wildman–Crippen MR) is 85.7 cm³/mol. The number of fused-ring (bicyclic) bond motifs is 3. The molecule has 0 saturated heterocycles. The molecule has 4 rings (SSSR count). The summed E-state index contributed by atoms with van der Waals surface area (Å²) in [6.07, 6.45) is 0.739. The van der Waals surface area contributed by atoms with Crippen molar-refractivity contribution in [3.8, 4) is 0 Å². The molecule has 116 valence electrons. The van der Waals surface area contributed by atoms with Gasteiger partial charge in [0.05, 0.1) is 0 Å². The van der Waals surface area contributed by atoms with Crippen LogP contribution in [-0.4, -0.2) is 27.3 Å². The Balaban J connectivity index is 1.69. The summed E-state index contributed by atoms with van der Waals surface area (Å²) in [7, 11) is 0. The van der Waals surface area contributed by atoms with Crippen LogP contribution >= 0.6 is 0 Å². The third kappa shape index (κ3) is 2.38. The lowest BCUT2D eigenvalue weighted by molar-refractivity contribution is 0.0729. The van der Waals surface area contributed by atoms with Gasteiger partial charge in [-0.15, -0.1) is 0 Å². The number of aryl methyl sites for hydroxylation is 1. The van der Waals surface area contributed by atoms with E-state index in [0.29, 0.717) is 18.8 Å². The number of carbonyl (C=O) groups is 1. The highest BCUT2D eigenvalue weighted by molar-refractivity contribution is 5.93. The van der Waals surface area contributed by atoms with E-state index in [-0.39, 0.29) is 11.7 Å². The maximum absolute atomic E-state index is 13.5. The largest absolute Gasteiger partial charge is 0.358 e. The van der Waals surface area contributed by atoms with E-state index in [1.807, 2.05) is 19.1 Å². The van der Waals surface area contributed by atoms with Crippen LogP contribution in [-0.2, 0) is 13.0 Å². The van der Waals surface area contributed by atoms with Crippen LogP contribution in [0.1, 0.15) is 27.4 Å². The number of aromatic amines is 1. The van der Waals surface area contributed by atoms with E-state index in [1.165, 1.54) is 12.1 Å². The van der Waals surface area contributed by atoms with Crippen molar-refractivity contribution in [3.63, 3.8) is 0 Å².